The van der Waals surface area contributed by atoms with Crippen molar-refractivity contribution in [2.75, 3.05) is 26.4 Å². The summed E-state index contributed by atoms with van der Waals surface area (Å²) >= 11 is 0. The minimum Gasteiger partial charge on any atom is -0.491 e. The van der Waals surface area contributed by atoms with Gasteiger partial charge >= 0.3 is 0 Å². The van der Waals surface area contributed by atoms with Crippen LogP contribution in [0.5, 0.6) is 5.75 Å². The Morgan fingerprint density at radius 3 is 2.71 bits per heavy atom. The molecular weight excluding hydrogens is 388 g/mol. The van der Waals surface area contributed by atoms with Gasteiger partial charge in [-0.1, -0.05) is 36.4 Å². The lowest BCUT2D eigenvalue weighted by Crippen LogP contribution is -2.36. The van der Waals surface area contributed by atoms with E-state index in [9.17, 15) is 0 Å². The number of hydrogen-bond acceptors (Lipinski definition) is 4. The first-order valence-corrected chi connectivity index (χ1v) is 10.9. The zero-order chi connectivity index (χ0) is 21.9. The van der Waals surface area contributed by atoms with Crippen LogP contribution in [0.3, 0.4) is 0 Å². The molecule has 0 unspecified atom stereocenters. The molecule has 6 heteroatoms. The van der Waals surface area contributed by atoms with Crippen LogP contribution in [0.15, 0.2) is 59.7 Å². The Morgan fingerprint density at radius 1 is 1.00 bits per heavy atom. The molecule has 0 radical (unpaired) electrons. The van der Waals surface area contributed by atoms with Crippen molar-refractivity contribution in [3.8, 4) is 5.75 Å². The van der Waals surface area contributed by atoms with Crippen LogP contribution in [0.4, 0.5) is 0 Å². The van der Waals surface area contributed by atoms with E-state index in [0.717, 1.165) is 45.8 Å². The van der Waals surface area contributed by atoms with Gasteiger partial charge in [0.05, 0.1) is 18.7 Å². The van der Waals surface area contributed by atoms with E-state index >= 15 is 0 Å². The Balaban J connectivity index is 1.69. The van der Waals surface area contributed by atoms with Crippen molar-refractivity contribution in [3.63, 3.8) is 0 Å². The molecule has 0 aliphatic carbocycles. The number of fused-ring (bicyclic) bond motifs is 1. The van der Waals surface area contributed by atoms with Crippen LogP contribution >= 0.6 is 0 Å². The van der Waals surface area contributed by atoms with E-state index in [-0.39, 0.29) is 0 Å². The quantitative estimate of drug-likeness (QED) is 0.292. The Kier molecular flexibility index (Phi) is 8.67. The maximum Gasteiger partial charge on any atom is 0.191 e. The highest BCUT2D eigenvalue weighted by Gasteiger charge is 2.07. The van der Waals surface area contributed by atoms with Gasteiger partial charge in [0, 0.05) is 36.8 Å². The van der Waals surface area contributed by atoms with E-state index in [2.05, 4.69) is 71.9 Å². The van der Waals surface area contributed by atoms with Crippen molar-refractivity contribution in [1.29, 1.82) is 0 Å². The van der Waals surface area contributed by atoms with E-state index in [0.29, 0.717) is 32.9 Å². The van der Waals surface area contributed by atoms with Crippen molar-refractivity contribution in [1.82, 2.24) is 15.6 Å². The van der Waals surface area contributed by atoms with Gasteiger partial charge in [0.1, 0.15) is 12.4 Å². The van der Waals surface area contributed by atoms with Crippen LogP contribution in [0.1, 0.15) is 30.5 Å². The standard InChI is InChI=1S/C25H32N4O2/c1-4-26-25(29-18-22-9-6-8-20-10-7-13-27-24(20)22)28-17-21-12-11-19(3)16-23(21)31-15-14-30-5-2/h6-13,16H,4-5,14-15,17-18H2,1-3H3,(H2,26,28,29). The van der Waals surface area contributed by atoms with Crippen molar-refractivity contribution >= 4 is 16.9 Å². The van der Waals surface area contributed by atoms with Gasteiger partial charge < -0.3 is 20.1 Å². The maximum absolute atomic E-state index is 5.95. The largest absolute Gasteiger partial charge is 0.491 e. The lowest BCUT2D eigenvalue weighted by atomic mass is 10.1. The molecule has 1 heterocycles. The summed E-state index contributed by atoms with van der Waals surface area (Å²) in [5.74, 6) is 1.62. The molecule has 1 aromatic heterocycles. The number of aryl methyl sites for hydroxylation is 1. The van der Waals surface area contributed by atoms with Crippen molar-refractivity contribution in [3.05, 3.63) is 71.4 Å². The van der Waals surface area contributed by atoms with Crippen LogP contribution in [-0.4, -0.2) is 37.3 Å². The zero-order valence-electron chi connectivity index (χ0n) is 18.6. The van der Waals surface area contributed by atoms with Gasteiger partial charge in [-0.25, -0.2) is 4.99 Å². The molecule has 2 N–H and O–H groups in total. The third kappa shape index (κ3) is 6.69. The molecule has 3 aromatic rings. The summed E-state index contributed by atoms with van der Waals surface area (Å²) in [6.07, 6.45) is 1.83. The summed E-state index contributed by atoms with van der Waals surface area (Å²) < 4.78 is 11.3. The number of para-hydroxylation sites is 1. The fraction of sp³-hybridized carbons (Fsp3) is 0.360. The molecule has 2 aromatic carbocycles. The molecule has 0 saturated carbocycles. The van der Waals surface area contributed by atoms with Gasteiger partial charge in [0.25, 0.3) is 0 Å². The van der Waals surface area contributed by atoms with E-state index < -0.39 is 0 Å². The molecule has 0 atom stereocenters. The Morgan fingerprint density at radius 2 is 1.87 bits per heavy atom. The van der Waals surface area contributed by atoms with Gasteiger partial charge in [0.2, 0.25) is 0 Å². The highest BCUT2D eigenvalue weighted by Crippen LogP contribution is 2.21. The normalized spacial score (nSPS) is 11.5. The van der Waals surface area contributed by atoms with Gasteiger partial charge in [-0.2, -0.15) is 0 Å². The highest BCUT2D eigenvalue weighted by atomic mass is 16.5. The number of guanidine groups is 1. The average Bonchev–Trinajstić information content (AvgIpc) is 2.79. The Labute approximate surface area is 184 Å². The van der Waals surface area contributed by atoms with Gasteiger partial charge in [-0.15, -0.1) is 0 Å². The minimum atomic E-state index is 0.521. The van der Waals surface area contributed by atoms with Gasteiger partial charge in [-0.3, -0.25) is 4.98 Å². The zero-order valence-corrected chi connectivity index (χ0v) is 18.6. The molecule has 3 rings (SSSR count). The molecule has 0 aliphatic heterocycles. The first kappa shape index (κ1) is 22.6. The third-order valence-electron chi connectivity index (χ3n) is 4.83. The van der Waals surface area contributed by atoms with Crippen LogP contribution in [0, 0.1) is 6.92 Å². The first-order valence-electron chi connectivity index (χ1n) is 10.9. The fourth-order valence-corrected chi connectivity index (χ4v) is 3.28. The van der Waals surface area contributed by atoms with Crippen molar-refractivity contribution in [2.24, 2.45) is 4.99 Å². The minimum absolute atomic E-state index is 0.521. The summed E-state index contributed by atoms with van der Waals surface area (Å²) in [5.41, 5.74) is 4.36. The molecule has 0 spiro atoms. The molecule has 0 amide bonds. The van der Waals surface area contributed by atoms with Crippen molar-refractivity contribution < 1.29 is 9.47 Å². The molecule has 0 fully saturated rings. The van der Waals surface area contributed by atoms with Crippen molar-refractivity contribution in [2.45, 2.75) is 33.9 Å². The third-order valence-corrected chi connectivity index (χ3v) is 4.83. The molecule has 0 saturated heterocycles. The smallest absolute Gasteiger partial charge is 0.191 e. The van der Waals surface area contributed by atoms with Crippen LogP contribution in [0.2, 0.25) is 0 Å². The van der Waals surface area contributed by atoms with Crippen LogP contribution in [-0.2, 0) is 17.8 Å². The van der Waals surface area contributed by atoms with E-state index in [1.165, 1.54) is 0 Å². The van der Waals surface area contributed by atoms with Crippen LogP contribution < -0.4 is 15.4 Å². The molecule has 0 aliphatic rings. The molecule has 0 bridgehead atoms. The van der Waals surface area contributed by atoms with Crippen LogP contribution in [0.25, 0.3) is 10.9 Å². The summed E-state index contributed by atoms with van der Waals surface area (Å²) in [6, 6.07) is 16.5. The number of ether oxygens (including phenoxy) is 2. The lowest BCUT2D eigenvalue weighted by Gasteiger charge is -2.14. The predicted molar refractivity (Wildman–Crippen MR) is 127 cm³/mol. The number of nitrogens with one attached hydrogen (secondary N) is 2. The fourth-order valence-electron chi connectivity index (χ4n) is 3.28. The molecule has 164 valence electrons. The summed E-state index contributed by atoms with van der Waals surface area (Å²) in [4.78, 5) is 9.31. The Bertz CT molecular complexity index is 998. The Hall–Kier alpha value is -3.12. The van der Waals surface area contributed by atoms with E-state index in [1.54, 1.807) is 0 Å². The number of nitrogens with zero attached hydrogens (tertiary/aromatic N) is 2. The second kappa shape index (κ2) is 11.9. The number of rotatable bonds is 10. The number of aliphatic imine (C=N–C) groups is 1. The van der Waals surface area contributed by atoms with E-state index in [1.807, 2.05) is 19.2 Å². The number of pyridine rings is 1. The second-order valence-corrected chi connectivity index (χ2v) is 7.20. The molecular formula is C25H32N4O2. The summed E-state index contributed by atoms with van der Waals surface area (Å²) in [5, 5.41) is 7.88. The second-order valence-electron chi connectivity index (χ2n) is 7.20. The SMILES string of the molecule is CCNC(=NCc1ccc(C)cc1OCCOCC)NCc1cccc2cccnc12. The number of aromatic nitrogens is 1. The average molecular weight is 421 g/mol. The number of benzene rings is 2. The summed E-state index contributed by atoms with van der Waals surface area (Å²) in [7, 11) is 0. The topological polar surface area (TPSA) is 67.8 Å². The monoisotopic (exact) mass is 420 g/mol. The van der Waals surface area contributed by atoms with E-state index in [4.69, 9.17) is 14.5 Å². The molecule has 6 nitrogen and oxygen atoms in total. The first-order chi connectivity index (χ1) is 15.2. The molecule has 31 heavy (non-hydrogen) atoms. The summed E-state index contributed by atoms with van der Waals surface area (Å²) in [6.45, 7) is 9.85. The number of hydrogen-bond donors (Lipinski definition) is 2. The van der Waals surface area contributed by atoms with Gasteiger partial charge in [0.15, 0.2) is 5.96 Å². The predicted octanol–water partition coefficient (Wildman–Crippen LogP) is 4.21. The highest BCUT2D eigenvalue weighted by molar-refractivity contribution is 5.83. The maximum atomic E-state index is 5.95. The van der Waals surface area contributed by atoms with Gasteiger partial charge in [-0.05, 0) is 44.0 Å². The lowest BCUT2D eigenvalue weighted by molar-refractivity contribution is 0.110.